The first-order valence-corrected chi connectivity index (χ1v) is 20.4. The zero-order valence-electron chi connectivity index (χ0n) is 32.9. The molecule has 1 aliphatic heterocycles. The van der Waals surface area contributed by atoms with Crippen molar-refractivity contribution in [3.63, 3.8) is 0 Å². The smallest absolute Gasteiger partial charge is 0.245 e. The van der Waals surface area contributed by atoms with Gasteiger partial charge in [-0.15, -0.1) is 0 Å². The molecule has 6 fully saturated rings. The van der Waals surface area contributed by atoms with Gasteiger partial charge in [0.05, 0.1) is 18.3 Å². The number of aliphatic hydroxyl groups is 2. The summed E-state index contributed by atoms with van der Waals surface area (Å²) in [6.07, 6.45) is 11.2. The SMILES string of the molecule is CC.CC(=O)N(Cc1ccccc1)C(C(=O)NCc1ccccc1)C1CCC2C(CC3C4CCC5C(C)(C)[C@@H](O)CC[C@@]56C[C@@]46CCC23C)O1.CO.[HH]. The van der Waals surface area contributed by atoms with Crippen LogP contribution in [0, 0.1) is 45.3 Å². The minimum atomic E-state index is -0.688. The highest BCUT2D eigenvalue weighted by Crippen LogP contribution is 2.87. The number of rotatable bonds is 7. The molecular weight excluding hydrogens is 649 g/mol. The molecule has 11 atom stereocenters. The maximum Gasteiger partial charge on any atom is 0.245 e. The Kier molecular flexibility index (Phi) is 11.4. The van der Waals surface area contributed by atoms with Gasteiger partial charge in [0.15, 0.2) is 0 Å². The third-order valence-corrected chi connectivity index (χ3v) is 15.5. The van der Waals surface area contributed by atoms with E-state index in [1.165, 1.54) is 38.5 Å². The maximum absolute atomic E-state index is 14.2. The van der Waals surface area contributed by atoms with Gasteiger partial charge in [-0.25, -0.2) is 0 Å². The summed E-state index contributed by atoms with van der Waals surface area (Å²) in [5.41, 5.74) is 3.20. The summed E-state index contributed by atoms with van der Waals surface area (Å²) in [7, 11) is 1.00. The standard InChI is InChI=1S/C42H56N2O4.C2H6.CH4O.H2/c1-27(45)44(25-29-13-9-6-10-14-29)37(38(47)43-24-28-11-7-5-8-12-28)33-17-15-31-34(48-33)23-32-30-16-18-35-39(2,3)36(46)19-20-42(35)26-41(30,42)22-21-40(31,32)4;2*1-2;/h5-14,30-37,46H,15-26H2,1-4H3,(H,43,47);1-2H3;2H,1H3;1H/t30?,31?,32?,33?,34?,35?,36-,37?,40?,41-,42+;;;/m0.../s1. The number of ether oxygens (including phenoxy) is 1. The topological polar surface area (TPSA) is 99.1 Å². The van der Waals surface area contributed by atoms with E-state index in [-0.39, 0.29) is 42.4 Å². The average molecular weight is 717 g/mol. The van der Waals surface area contributed by atoms with Crippen molar-refractivity contribution in [2.45, 2.75) is 143 Å². The van der Waals surface area contributed by atoms with Gasteiger partial charge in [-0.3, -0.25) is 9.59 Å². The van der Waals surface area contributed by atoms with Gasteiger partial charge in [-0.2, -0.15) is 0 Å². The Morgan fingerprint density at radius 2 is 1.48 bits per heavy atom. The summed E-state index contributed by atoms with van der Waals surface area (Å²) in [4.78, 5) is 29.3. The zero-order chi connectivity index (χ0) is 37.5. The minimum absolute atomic E-state index is 0. The molecule has 52 heavy (non-hydrogen) atoms. The molecule has 8 rings (SSSR count). The highest BCUT2D eigenvalue weighted by molar-refractivity contribution is 5.87. The third-order valence-electron chi connectivity index (χ3n) is 15.5. The largest absolute Gasteiger partial charge is 0.400 e. The Hall–Kier alpha value is -2.74. The number of carbonyl (C=O) groups excluding carboxylic acids is 2. The molecule has 8 unspecified atom stereocenters. The number of aliphatic hydroxyl groups excluding tert-OH is 2. The van der Waals surface area contributed by atoms with Gasteiger partial charge in [0.2, 0.25) is 11.8 Å². The van der Waals surface area contributed by atoms with E-state index in [2.05, 4.69) is 26.1 Å². The van der Waals surface area contributed by atoms with Gasteiger partial charge in [-0.05, 0) is 121 Å². The highest BCUT2D eigenvalue weighted by Gasteiger charge is 2.80. The van der Waals surface area contributed by atoms with Crippen molar-refractivity contribution in [2.75, 3.05) is 7.11 Å². The van der Waals surface area contributed by atoms with Crippen LogP contribution in [0.4, 0.5) is 0 Å². The number of fused-ring (bicyclic) bond motifs is 4. The second kappa shape index (κ2) is 15.2. The Morgan fingerprint density at radius 1 is 0.846 bits per heavy atom. The van der Waals surface area contributed by atoms with Crippen molar-refractivity contribution < 1.29 is 26.0 Å². The van der Waals surface area contributed by atoms with Gasteiger partial charge in [0.25, 0.3) is 0 Å². The molecule has 6 aliphatic rings. The maximum atomic E-state index is 14.2. The van der Waals surface area contributed by atoms with E-state index in [1.54, 1.807) is 11.8 Å². The molecule has 7 nitrogen and oxygen atoms in total. The van der Waals surface area contributed by atoms with Crippen LogP contribution < -0.4 is 5.32 Å². The van der Waals surface area contributed by atoms with Crippen molar-refractivity contribution in [3.8, 4) is 0 Å². The fourth-order valence-corrected chi connectivity index (χ4v) is 13.1. The number of nitrogens with one attached hydrogen (secondary N) is 1. The lowest BCUT2D eigenvalue weighted by Crippen LogP contribution is -2.57. The average Bonchev–Trinajstić information content (AvgIpc) is 3.74. The van der Waals surface area contributed by atoms with E-state index in [9.17, 15) is 14.7 Å². The second-order valence-electron chi connectivity index (χ2n) is 17.6. The van der Waals surface area contributed by atoms with Crippen LogP contribution in [0.2, 0.25) is 0 Å². The monoisotopic (exact) mass is 717 g/mol. The summed E-state index contributed by atoms with van der Waals surface area (Å²) in [6, 6.07) is 19.3. The molecule has 2 aromatic carbocycles. The van der Waals surface area contributed by atoms with Gasteiger partial charge in [-0.1, -0.05) is 95.3 Å². The fourth-order valence-electron chi connectivity index (χ4n) is 13.1. The van der Waals surface area contributed by atoms with Gasteiger partial charge in [0, 0.05) is 28.5 Å². The number of hydrogen-bond acceptors (Lipinski definition) is 5. The summed E-state index contributed by atoms with van der Waals surface area (Å²) in [5, 5.41) is 21.2. The van der Waals surface area contributed by atoms with Crippen molar-refractivity contribution >= 4 is 11.8 Å². The molecule has 2 amide bonds. The fraction of sp³-hybridized carbons (Fsp3) is 0.689. The van der Waals surface area contributed by atoms with Crippen LogP contribution in [0.5, 0.6) is 0 Å². The number of hydrogen-bond donors (Lipinski definition) is 3. The van der Waals surface area contributed by atoms with E-state index < -0.39 is 6.04 Å². The van der Waals surface area contributed by atoms with Crippen LogP contribution in [0.1, 0.15) is 118 Å². The van der Waals surface area contributed by atoms with Crippen molar-refractivity contribution in [1.29, 1.82) is 0 Å². The molecule has 0 bridgehead atoms. The molecule has 1 heterocycles. The van der Waals surface area contributed by atoms with Crippen LogP contribution in [-0.4, -0.2) is 58.4 Å². The van der Waals surface area contributed by atoms with E-state index in [0.717, 1.165) is 49.8 Å². The van der Waals surface area contributed by atoms with Crippen LogP contribution in [0.25, 0.3) is 0 Å². The molecule has 1 saturated heterocycles. The summed E-state index contributed by atoms with van der Waals surface area (Å²) in [5.74, 6) is 2.29. The molecule has 2 aromatic rings. The van der Waals surface area contributed by atoms with Gasteiger partial charge >= 0.3 is 0 Å². The Labute approximate surface area is 314 Å². The molecule has 2 spiro atoms. The van der Waals surface area contributed by atoms with Crippen LogP contribution in [-0.2, 0) is 27.4 Å². The Bertz CT molecular complexity index is 1540. The molecule has 5 aliphatic carbocycles. The second-order valence-corrected chi connectivity index (χ2v) is 17.6. The van der Waals surface area contributed by atoms with Crippen LogP contribution in [0.15, 0.2) is 60.7 Å². The first-order chi connectivity index (χ1) is 25.0. The minimum Gasteiger partial charge on any atom is -0.400 e. The van der Waals surface area contributed by atoms with Gasteiger partial charge < -0.3 is 25.2 Å². The number of nitrogens with zero attached hydrogens (tertiary/aromatic N) is 1. The molecule has 0 radical (unpaired) electrons. The van der Waals surface area contributed by atoms with E-state index >= 15 is 0 Å². The summed E-state index contributed by atoms with van der Waals surface area (Å²) in [6.45, 7) is 13.7. The highest BCUT2D eigenvalue weighted by atomic mass is 16.5. The zero-order valence-corrected chi connectivity index (χ0v) is 32.9. The molecule has 288 valence electrons. The first-order valence-electron chi connectivity index (χ1n) is 20.4. The predicted molar refractivity (Wildman–Crippen MR) is 208 cm³/mol. The molecular formula is C45H68N2O5. The van der Waals surface area contributed by atoms with E-state index in [0.29, 0.717) is 41.7 Å². The molecule has 3 N–H and O–H groups in total. The molecule has 5 saturated carbocycles. The quantitative estimate of drug-likeness (QED) is 0.269. The normalized spacial score (nSPS) is 38.1. The van der Waals surface area contributed by atoms with Crippen molar-refractivity contribution in [1.82, 2.24) is 10.2 Å². The van der Waals surface area contributed by atoms with Crippen molar-refractivity contribution in [2.24, 2.45) is 45.3 Å². The first kappa shape index (κ1) is 39.0. The predicted octanol–water partition coefficient (Wildman–Crippen LogP) is 8.17. The van der Waals surface area contributed by atoms with E-state index in [4.69, 9.17) is 9.84 Å². The Balaban J connectivity index is 0.00000105. The Morgan fingerprint density at radius 3 is 2.13 bits per heavy atom. The van der Waals surface area contributed by atoms with Gasteiger partial charge in [0.1, 0.15) is 6.04 Å². The lowest BCUT2D eigenvalue weighted by molar-refractivity contribution is -0.159. The third kappa shape index (κ3) is 6.34. The number of amides is 2. The lowest BCUT2D eigenvalue weighted by atomic mass is 9.46. The summed E-state index contributed by atoms with van der Waals surface area (Å²) >= 11 is 0. The van der Waals surface area contributed by atoms with Crippen LogP contribution >= 0.6 is 0 Å². The summed E-state index contributed by atoms with van der Waals surface area (Å²) < 4.78 is 7.16. The lowest BCUT2D eigenvalue weighted by Gasteiger charge is -2.59. The van der Waals surface area contributed by atoms with E-state index in [1.807, 2.05) is 74.5 Å². The van der Waals surface area contributed by atoms with Crippen molar-refractivity contribution in [3.05, 3.63) is 71.8 Å². The molecule has 7 heteroatoms. The number of carbonyl (C=O) groups is 2. The number of benzene rings is 2. The molecule has 0 aromatic heterocycles. The van der Waals surface area contributed by atoms with Crippen LogP contribution in [0.3, 0.4) is 0 Å².